The van der Waals surface area contributed by atoms with Crippen LogP contribution in [0.5, 0.6) is 0 Å². The highest BCUT2D eigenvalue weighted by atomic mass is 127. The normalized spacial score (nSPS) is 10.1. The highest BCUT2D eigenvalue weighted by Gasteiger charge is 2.08. The lowest BCUT2D eigenvalue weighted by atomic mass is 10.2. The van der Waals surface area contributed by atoms with Crippen LogP contribution in [0.1, 0.15) is 0 Å². The molecular weight excluding hydrogens is 345 g/mol. The van der Waals surface area contributed by atoms with Crippen LogP contribution in [0.15, 0.2) is 42.5 Å². The Balaban J connectivity index is 2.24. The van der Waals surface area contributed by atoms with E-state index < -0.39 is 4.92 Å². The van der Waals surface area contributed by atoms with E-state index >= 15 is 0 Å². The zero-order valence-corrected chi connectivity index (χ0v) is 11.4. The van der Waals surface area contributed by atoms with E-state index in [4.69, 9.17) is 5.73 Å². The van der Waals surface area contributed by atoms with Gasteiger partial charge in [-0.1, -0.05) is 0 Å². The van der Waals surface area contributed by atoms with Gasteiger partial charge in [-0.15, -0.1) is 0 Å². The van der Waals surface area contributed by atoms with Crippen molar-refractivity contribution in [2.24, 2.45) is 0 Å². The highest BCUT2D eigenvalue weighted by Crippen LogP contribution is 2.27. The molecule has 0 bridgehead atoms. The van der Waals surface area contributed by atoms with Crippen molar-refractivity contribution in [3.8, 4) is 0 Å². The number of anilines is 3. The van der Waals surface area contributed by atoms with Gasteiger partial charge in [0.05, 0.1) is 16.3 Å². The molecule has 0 unspecified atom stereocenters. The lowest BCUT2D eigenvalue weighted by Crippen LogP contribution is -1.98. The van der Waals surface area contributed by atoms with E-state index in [9.17, 15) is 10.1 Å². The number of nitro benzene ring substituents is 1. The van der Waals surface area contributed by atoms with E-state index in [0.29, 0.717) is 11.4 Å². The molecule has 0 radical (unpaired) electrons. The molecular formula is C12H10IN3O2. The molecule has 0 fully saturated rings. The number of halogens is 1. The maximum atomic E-state index is 10.6. The molecule has 0 amide bonds. The fourth-order valence-corrected chi connectivity index (χ4v) is 1.83. The SMILES string of the molecule is Nc1cc([N+](=O)[O-])ccc1Nc1ccc(I)cc1. The Bertz CT molecular complexity index is 584. The predicted octanol–water partition coefficient (Wildman–Crippen LogP) is 3.53. The summed E-state index contributed by atoms with van der Waals surface area (Å²) >= 11 is 2.22. The third-order valence-electron chi connectivity index (χ3n) is 2.37. The predicted molar refractivity (Wildman–Crippen MR) is 80.0 cm³/mol. The zero-order chi connectivity index (χ0) is 13.1. The summed E-state index contributed by atoms with van der Waals surface area (Å²) < 4.78 is 1.13. The van der Waals surface area contributed by atoms with E-state index in [2.05, 4.69) is 27.9 Å². The van der Waals surface area contributed by atoms with E-state index in [-0.39, 0.29) is 5.69 Å². The number of rotatable bonds is 3. The highest BCUT2D eigenvalue weighted by molar-refractivity contribution is 14.1. The minimum atomic E-state index is -0.467. The smallest absolute Gasteiger partial charge is 0.271 e. The molecule has 0 aliphatic rings. The lowest BCUT2D eigenvalue weighted by Gasteiger charge is -2.09. The Morgan fingerprint density at radius 2 is 1.83 bits per heavy atom. The summed E-state index contributed by atoms with van der Waals surface area (Å²) in [6.07, 6.45) is 0. The van der Waals surface area contributed by atoms with E-state index in [1.54, 1.807) is 6.07 Å². The molecule has 2 aromatic carbocycles. The summed E-state index contributed by atoms with van der Waals surface area (Å²) in [6, 6.07) is 12.1. The molecule has 0 atom stereocenters. The van der Waals surface area contributed by atoms with Crippen molar-refractivity contribution in [2.45, 2.75) is 0 Å². The Labute approximate surface area is 117 Å². The summed E-state index contributed by atoms with van der Waals surface area (Å²) in [5, 5.41) is 13.7. The first kappa shape index (κ1) is 12.6. The lowest BCUT2D eigenvalue weighted by molar-refractivity contribution is -0.384. The maximum absolute atomic E-state index is 10.6. The summed E-state index contributed by atoms with van der Waals surface area (Å²) in [6.45, 7) is 0. The third kappa shape index (κ3) is 2.89. The molecule has 0 aliphatic carbocycles. The van der Waals surface area contributed by atoms with Gasteiger partial charge in [0, 0.05) is 21.4 Å². The number of nitrogens with two attached hydrogens (primary N) is 1. The van der Waals surface area contributed by atoms with Crippen LogP contribution in [-0.4, -0.2) is 4.92 Å². The molecule has 5 nitrogen and oxygen atoms in total. The van der Waals surface area contributed by atoms with Crippen LogP contribution >= 0.6 is 22.6 Å². The van der Waals surface area contributed by atoms with Crippen LogP contribution in [0.4, 0.5) is 22.7 Å². The Morgan fingerprint density at radius 3 is 2.39 bits per heavy atom. The molecule has 18 heavy (non-hydrogen) atoms. The quantitative estimate of drug-likeness (QED) is 0.382. The molecule has 0 aliphatic heterocycles. The third-order valence-corrected chi connectivity index (χ3v) is 3.09. The Hall–Kier alpha value is -1.83. The summed E-state index contributed by atoms with van der Waals surface area (Å²) in [5.41, 5.74) is 7.64. The fraction of sp³-hybridized carbons (Fsp3) is 0. The van der Waals surface area contributed by atoms with Gasteiger partial charge in [0.1, 0.15) is 0 Å². The van der Waals surface area contributed by atoms with Gasteiger partial charge in [0.2, 0.25) is 0 Å². The molecule has 0 spiro atoms. The second kappa shape index (κ2) is 5.21. The monoisotopic (exact) mass is 355 g/mol. The minimum Gasteiger partial charge on any atom is -0.397 e. The second-order valence-corrected chi connectivity index (χ2v) is 4.91. The number of nitrogens with zero attached hydrogens (tertiary/aromatic N) is 1. The van der Waals surface area contributed by atoms with Crippen molar-refractivity contribution in [3.63, 3.8) is 0 Å². The maximum Gasteiger partial charge on any atom is 0.271 e. The summed E-state index contributed by atoms with van der Waals surface area (Å²) in [7, 11) is 0. The van der Waals surface area contributed by atoms with Gasteiger partial charge in [-0.25, -0.2) is 0 Å². The van der Waals surface area contributed by atoms with Gasteiger partial charge in [0.15, 0.2) is 0 Å². The van der Waals surface area contributed by atoms with Gasteiger partial charge in [-0.3, -0.25) is 10.1 Å². The van der Waals surface area contributed by atoms with Crippen LogP contribution in [0.3, 0.4) is 0 Å². The molecule has 0 saturated carbocycles. The molecule has 3 N–H and O–H groups in total. The van der Waals surface area contributed by atoms with Crippen molar-refractivity contribution in [2.75, 3.05) is 11.1 Å². The number of benzene rings is 2. The zero-order valence-electron chi connectivity index (χ0n) is 9.26. The number of nitrogens with one attached hydrogen (secondary N) is 1. The number of non-ortho nitro benzene ring substituents is 1. The van der Waals surface area contributed by atoms with Crippen molar-refractivity contribution >= 4 is 45.3 Å². The van der Waals surface area contributed by atoms with Crippen LogP contribution in [0, 0.1) is 13.7 Å². The van der Waals surface area contributed by atoms with Crippen molar-refractivity contribution in [1.82, 2.24) is 0 Å². The van der Waals surface area contributed by atoms with E-state index in [1.807, 2.05) is 24.3 Å². The minimum absolute atomic E-state index is 0.0133. The van der Waals surface area contributed by atoms with Crippen LogP contribution in [0.2, 0.25) is 0 Å². The Kier molecular flexibility index (Phi) is 3.66. The van der Waals surface area contributed by atoms with Crippen LogP contribution in [-0.2, 0) is 0 Å². The average molecular weight is 355 g/mol. The molecule has 92 valence electrons. The first-order valence-electron chi connectivity index (χ1n) is 5.13. The first-order valence-corrected chi connectivity index (χ1v) is 6.20. The molecule has 6 heteroatoms. The van der Waals surface area contributed by atoms with Gasteiger partial charge < -0.3 is 11.1 Å². The molecule has 0 heterocycles. The average Bonchev–Trinajstić information content (AvgIpc) is 2.34. The van der Waals surface area contributed by atoms with E-state index in [0.717, 1.165) is 9.26 Å². The number of hydrogen-bond acceptors (Lipinski definition) is 4. The number of hydrogen-bond donors (Lipinski definition) is 2. The standard InChI is InChI=1S/C12H10IN3O2/c13-8-1-3-9(4-2-8)15-12-6-5-10(16(17)18)7-11(12)14/h1-7,15H,14H2. The first-order chi connectivity index (χ1) is 8.56. The van der Waals surface area contributed by atoms with Gasteiger partial charge in [-0.05, 0) is 52.9 Å². The number of nitro groups is 1. The largest absolute Gasteiger partial charge is 0.397 e. The molecule has 2 rings (SSSR count). The van der Waals surface area contributed by atoms with Crippen molar-refractivity contribution in [3.05, 3.63) is 56.1 Å². The van der Waals surface area contributed by atoms with Crippen molar-refractivity contribution in [1.29, 1.82) is 0 Å². The number of nitrogen functional groups attached to an aromatic ring is 1. The summed E-state index contributed by atoms with van der Waals surface area (Å²) in [5.74, 6) is 0. The van der Waals surface area contributed by atoms with Gasteiger partial charge in [-0.2, -0.15) is 0 Å². The summed E-state index contributed by atoms with van der Waals surface area (Å²) in [4.78, 5) is 10.1. The molecule has 2 aromatic rings. The second-order valence-electron chi connectivity index (χ2n) is 3.66. The van der Waals surface area contributed by atoms with Gasteiger partial charge >= 0.3 is 0 Å². The van der Waals surface area contributed by atoms with Crippen molar-refractivity contribution < 1.29 is 4.92 Å². The fourth-order valence-electron chi connectivity index (χ4n) is 1.47. The Morgan fingerprint density at radius 1 is 1.17 bits per heavy atom. The van der Waals surface area contributed by atoms with Crippen LogP contribution in [0.25, 0.3) is 0 Å². The van der Waals surface area contributed by atoms with E-state index in [1.165, 1.54) is 12.1 Å². The topological polar surface area (TPSA) is 81.2 Å². The van der Waals surface area contributed by atoms with Crippen LogP contribution < -0.4 is 11.1 Å². The molecule has 0 aromatic heterocycles. The molecule has 0 saturated heterocycles. The van der Waals surface area contributed by atoms with Gasteiger partial charge in [0.25, 0.3) is 5.69 Å².